The molecule has 0 heterocycles. The minimum Gasteiger partial charge on any atom is -0.466 e. The maximum Gasteiger partial charge on any atom is 0.305 e. The number of carbonyl (C=O) groups excluding carboxylic acids is 2. The van der Waals surface area contributed by atoms with E-state index in [4.69, 9.17) is 4.74 Å². The van der Waals surface area contributed by atoms with Crippen LogP contribution in [0.25, 0.3) is 0 Å². The third-order valence-corrected chi connectivity index (χ3v) is 13.9. The lowest BCUT2D eigenvalue weighted by Gasteiger charge is -2.22. The molecule has 0 aromatic rings. The number of hydrogen-bond donors (Lipinski definition) is 3. The molecular weight excluding hydrogens is 791 g/mol. The van der Waals surface area contributed by atoms with Gasteiger partial charge in [0.25, 0.3) is 0 Å². The van der Waals surface area contributed by atoms with Gasteiger partial charge in [0.05, 0.1) is 25.4 Å². The van der Waals surface area contributed by atoms with Crippen molar-refractivity contribution in [1.82, 2.24) is 5.32 Å². The van der Waals surface area contributed by atoms with E-state index in [1.54, 1.807) is 0 Å². The summed E-state index contributed by atoms with van der Waals surface area (Å²) in [7, 11) is 0. The Hall–Kier alpha value is -1.14. The first-order valence-corrected chi connectivity index (χ1v) is 29.3. The van der Waals surface area contributed by atoms with Crippen LogP contribution in [0.15, 0.2) is 0 Å². The molecule has 382 valence electrons. The molecule has 2 unspecified atom stereocenters. The lowest BCUT2D eigenvalue weighted by atomic mass is 10.0. The van der Waals surface area contributed by atoms with Crippen LogP contribution in [0, 0.1) is 0 Å². The molecule has 3 N–H and O–H groups in total. The number of ether oxygens (including phenoxy) is 1. The van der Waals surface area contributed by atoms with Gasteiger partial charge >= 0.3 is 5.97 Å². The highest BCUT2D eigenvalue weighted by atomic mass is 16.5. The van der Waals surface area contributed by atoms with E-state index in [-0.39, 0.29) is 18.5 Å². The molecule has 0 saturated heterocycles. The fraction of sp³-hybridized carbons (Fsp3) is 0.966. The molecule has 0 aliphatic carbocycles. The van der Waals surface area contributed by atoms with Crippen LogP contribution in [0.2, 0.25) is 0 Å². The lowest BCUT2D eigenvalue weighted by Crippen LogP contribution is -2.45. The summed E-state index contributed by atoms with van der Waals surface area (Å²) in [5.41, 5.74) is 0. The van der Waals surface area contributed by atoms with Crippen LogP contribution >= 0.6 is 0 Å². The molecule has 6 nitrogen and oxygen atoms in total. The number of nitrogens with one attached hydrogen (secondary N) is 1. The summed E-state index contributed by atoms with van der Waals surface area (Å²) < 4.78 is 5.45. The number of aliphatic hydroxyl groups excluding tert-OH is 2. The average Bonchev–Trinajstić information content (AvgIpc) is 3.29. The Kier molecular flexibility index (Phi) is 53.5. The molecule has 0 spiro atoms. The van der Waals surface area contributed by atoms with Gasteiger partial charge in [0, 0.05) is 12.8 Å². The van der Waals surface area contributed by atoms with Gasteiger partial charge in [-0.3, -0.25) is 9.59 Å². The highest BCUT2D eigenvalue weighted by molar-refractivity contribution is 5.76. The third-order valence-electron chi connectivity index (χ3n) is 13.9. The summed E-state index contributed by atoms with van der Waals surface area (Å²) in [6.07, 6.45) is 62.4. The minimum absolute atomic E-state index is 0.0217. The maximum atomic E-state index is 12.5. The largest absolute Gasteiger partial charge is 0.466 e. The van der Waals surface area contributed by atoms with Crippen molar-refractivity contribution < 1.29 is 24.5 Å². The summed E-state index contributed by atoms with van der Waals surface area (Å²) in [5, 5.41) is 23.3. The first-order chi connectivity index (χ1) is 31.5. The first kappa shape index (κ1) is 62.9. The average molecular weight is 907 g/mol. The topological polar surface area (TPSA) is 95.9 Å². The highest BCUT2D eigenvalue weighted by Crippen LogP contribution is 2.18. The zero-order valence-electron chi connectivity index (χ0n) is 43.5. The molecule has 2 atom stereocenters. The zero-order valence-corrected chi connectivity index (χ0v) is 43.5. The third kappa shape index (κ3) is 50.3. The molecule has 1 amide bonds. The number of esters is 1. The fourth-order valence-electron chi connectivity index (χ4n) is 9.41. The van der Waals surface area contributed by atoms with Crippen molar-refractivity contribution in [2.24, 2.45) is 0 Å². The van der Waals surface area contributed by atoms with Crippen molar-refractivity contribution in [1.29, 1.82) is 0 Å². The monoisotopic (exact) mass is 906 g/mol. The second kappa shape index (κ2) is 54.5. The summed E-state index contributed by atoms with van der Waals surface area (Å²) in [5.74, 6) is -0.0791. The van der Waals surface area contributed by atoms with Gasteiger partial charge in [-0.15, -0.1) is 0 Å². The number of amides is 1. The van der Waals surface area contributed by atoms with Crippen LogP contribution in [0.4, 0.5) is 0 Å². The van der Waals surface area contributed by atoms with E-state index in [0.717, 1.165) is 57.8 Å². The Balaban J connectivity index is 3.45. The van der Waals surface area contributed by atoms with Crippen molar-refractivity contribution in [3.05, 3.63) is 0 Å². The van der Waals surface area contributed by atoms with Crippen LogP contribution in [0.5, 0.6) is 0 Å². The van der Waals surface area contributed by atoms with Crippen LogP contribution in [-0.4, -0.2) is 47.4 Å². The predicted molar refractivity (Wildman–Crippen MR) is 278 cm³/mol. The highest BCUT2D eigenvalue weighted by Gasteiger charge is 2.20. The lowest BCUT2D eigenvalue weighted by molar-refractivity contribution is -0.143. The number of aliphatic hydroxyl groups is 2. The zero-order chi connectivity index (χ0) is 46.5. The molecule has 0 aliphatic rings. The maximum absolute atomic E-state index is 12.5. The number of hydrogen-bond acceptors (Lipinski definition) is 5. The van der Waals surface area contributed by atoms with E-state index in [1.165, 1.54) is 244 Å². The van der Waals surface area contributed by atoms with Crippen LogP contribution in [0.3, 0.4) is 0 Å². The molecule has 0 aromatic carbocycles. The van der Waals surface area contributed by atoms with E-state index in [2.05, 4.69) is 19.2 Å². The number of unbranched alkanes of at least 4 members (excludes halogenated alkanes) is 44. The van der Waals surface area contributed by atoms with Crippen LogP contribution in [-0.2, 0) is 14.3 Å². The van der Waals surface area contributed by atoms with Gasteiger partial charge in [0.15, 0.2) is 0 Å². The molecule has 0 saturated carbocycles. The molecule has 0 aliphatic heterocycles. The Labute approximate surface area is 400 Å². The molecule has 0 radical (unpaired) electrons. The standard InChI is InChI=1S/C58H115NO5/c1-3-5-7-9-11-13-15-17-18-19-20-21-22-23-24-25-26-27-28-30-31-34-38-42-46-50-56(61)55(54-60)59-57(62)51-47-43-39-35-33-37-41-45-49-53-64-58(63)52-48-44-40-36-32-29-16-14-12-10-8-6-4-2/h55-56,60-61H,3-54H2,1-2H3,(H,59,62). The summed E-state index contributed by atoms with van der Waals surface area (Å²) >= 11 is 0. The number of carbonyl (C=O) groups is 2. The molecule has 0 rings (SSSR count). The first-order valence-electron chi connectivity index (χ1n) is 29.3. The van der Waals surface area contributed by atoms with E-state index in [0.29, 0.717) is 25.9 Å². The second-order valence-corrected chi connectivity index (χ2v) is 20.3. The van der Waals surface area contributed by atoms with E-state index < -0.39 is 12.1 Å². The number of rotatable bonds is 55. The fourth-order valence-corrected chi connectivity index (χ4v) is 9.41. The summed E-state index contributed by atoms with van der Waals surface area (Å²) in [6.45, 7) is 4.92. The van der Waals surface area contributed by atoms with Gasteiger partial charge in [-0.1, -0.05) is 296 Å². The van der Waals surface area contributed by atoms with Crippen LogP contribution in [0.1, 0.15) is 335 Å². The quantitative estimate of drug-likeness (QED) is 0.0417. The Morgan fingerprint density at radius 2 is 0.641 bits per heavy atom. The minimum atomic E-state index is -0.681. The summed E-state index contributed by atoms with van der Waals surface area (Å²) in [4.78, 5) is 24.5. The Morgan fingerprint density at radius 1 is 0.375 bits per heavy atom. The smallest absolute Gasteiger partial charge is 0.305 e. The second-order valence-electron chi connectivity index (χ2n) is 20.3. The molecular formula is C58H115NO5. The van der Waals surface area contributed by atoms with Gasteiger partial charge in [0.2, 0.25) is 5.91 Å². The Morgan fingerprint density at radius 3 is 0.953 bits per heavy atom. The van der Waals surface area contributed by atoms with Gasteiger partial charge in [-0.2, -0.15) is 0 Å². The molecule has 0 bridgehead atoms. The van der Waals surface area contributed by atoms with E-state index in [9.17, 15) is 19.8 Å². The normalized spacial score (nSPS) is 12.5. The van der Waals surface area contributed by atoms with E-state index >= 15 is 0 Å². The SMILES string of the molecule is CCCCCCCCCCCCCCCCCCCCCCCCCCCC(O)C(CO)NC(=O)CCCCCCCCCCCOC(=O)CCCCCCCCCCCCCCC. The predicted octanol–water partition coefficient (Wildman–Crippen LogP) is 17.9. The van der Waals surface area contributed by atoms with Crippen molar-refractivity contribution in [3.8, 4) is 0 Å². The Bertz CT molecular complexity index is 913. The van der Waals surface area contributed by atoms with Gasteiger partial charge < -0.3 is 20.3 Å². The van der Waals surface area contributed by atoms with Crippen molar-refractivity contribution in [2.75, 3.05) is 13.2 Å². The molecule has 0 fully saturated rings. The van der Waals surface area contributed by atoms with Gasteiger partial charge in [-0.25, -0.2) is 0 Å². The molecule has 0 aromatic heterocycles. The van der Waals surface area contributed by atoms with Gasteiger partial charge in [0.1, 0.15) is 0 Å². The van der Waals surface area contributed by atoms with Crippen molar-refractivity contribution >= 4 is 11.9 Å². The molecule has 6 heteroatoms. The van der Waals surface area contributed by atoms with E-state index in [1.807, 2.05) is 0 Å². The van der Waals surface area contributed by atoms with Crippen molar-refractivity contribution in [3.63, 3.8) is 0 Å². The van der Waals surface area contributed by atoms with Crippen LogP contribution < -0.4 is 5.32 Å². The van der Waals surface area contributed by atoms with Gasteiger partial charge in [-0.05, 0) is 25.7 Å². The summed E-state index contributed by atoms with van der Waals surface area (Å²) in [6, 6.07) is -0.561. The van der Waals surface area contributed by atoms with Crippen molar-refractivity contribution in [2.45, 2.75) is 347 Å². The molecule has 64 heavy (non-hydrogen) atoms.